The van der Waals surface area contributed by atoms with E-state index in [4.69, 9.17) is 9.47 Å². The fraction of sp³-hybridized carbons (Fsp3) is 0.409. The van der Waals surface area contributed by atoms with Crippen molar-refractivity contribution in [2.75, 3.05) is 47.5 Å². The predicted molar refractivity (Wildman–Crippen MR) is 119 cm³/mol. The van der Waals surface area contributed by atoms with E-state index in [2.05, 4.69) is 31.1 Å². The standard InChI is InChI=1S/C20H23N3O4S.C2H6/c1-23(2,3)8-9-26-10-11-27-20(25)17-13-28-19(22-17)18(24)15-12-21-16-7-5-4-6-14(15)16;1-2/h4-7,12-13H,8-11H2,1-3H3;1-2H3/p+1. The molecule has 0 radical (unpaired) electrons. The first-order valence-corrected chi connectivity index (χ1v) is 10.8. The van der Waals surface area contributed by atoms with Crippen LogP contribution in [0, 0.1) is 0 Å². The van der Waals surface area contributed by atoms with E-state index in [0.717, 1.165) is 33.3 Å². The van der Waals surface area contributed by atoms with Gasteiger partial charge >= 0.3 is 5.97 Å². The van der Waals surface area contributed by atoms with Gasteiger partial charge in [-0.05, 0) is 6.07 Å². The van der Waals surface area contributed by atoms with Crippen LogP contribution in [0.4, 0.5) is 0 Å². The maximum atomic E-state index is 12.7. The summed E-state index contributed by atoms with van der Waals surface area (Å²) in [6.45, 7) is 5.95. The number of thiazole rings is 1. The third-order valence-electron chi connectivity index (χ3n) is 4.11. The number of fused-ring (bicyclic) bond motifs is 1. The molecular formula is C22H30N3O4S+. The Labute approximate surface area is 181 Å². The number of ketones is 1. The van der Waals surface area contributed by atoms with Gasteiger partial charge in [0.05, 0.1) is 39.9 Å². The highest BCUT2D eigenvalue weighted by atomic mass is 32.1. The Hall–Kier alpha value is -2.55. The topological polar surface area (TPSA) is 81.3 Å². The molecule has 0 saturated carbocycles. The third kappa shape index (κ3) is 6.48. The lowest BCUT2D eigenvalue weighted by atomic mass is 10.1. The monoisotopic (exact) mass is 432 g/mol. The minimum atomic E-state index is -0.551. The molecule has 7 nitrogen and oxygen atoms in total. The van der Waals surface area contributed by atoms with Crippen molar-refractivity contribution in [1.29, 1.82) is 0 Å². The van der Waals surface area contributed by atoms with E-state index in [9.17, 15) is 9.59 Å². The van der Waals surface area contributed by atoms with Crippen LogP contribution in [-0.2, 0) is 9.47 Å². The van der Waals surface area contributed by atoms with Crippen LogP contribution in [0.25, 0.3) is 10.9 Å². The molecule has 2 aromatic heterocycles. The van der Waals surface area contributed by atoms with Gasteiger partial charge in [0.2, 0.25) is 5.78 Å². The number of hydrogen-bond acceptors (Lipinski definition) is 6. The molecule has 30 heavy (non-hydrogen) atoms. The van der Waals surface area contributed by atoms with Crippen LogP contribution in [0.1, 0.15) is 39.7 Å². The number of ether oxygens (including phenoxy) is 2. The van der Waals surface area contributed by atoms with Gasteiger partial charge in [-0.25, -0.2) is 9.78 Å². The van der Waals surface area contributed by atoms with Gasteiger partial charge in [-0.1, -0.05) is 32.0 Å². The van der Waals surface area contributed by atoms with Crippen molar-refractivity contribution in [1.82, 2.24) is 9.97 Å². The van der Waals surface area contributed by atoms with Gasteiger partial charge < -0.3 is 18.9 Å². The Morgan fingerprint density at radius 3 is 2.57 bits per heavy atom. The highest BCUT2D eigenvalue weighted by Gasteiger charge is 2.20. The zero-order valence-corrected chi connectivity index (χ0v) is 19.0. The van der Waals surface area contributed by atoms with Gasteiger partial charge in [-0.15, -0.1) is 11.3 Å². The Morgan fingerprint density at radius 1 is 1.10 bits per heavy atom. The fourth-order valence-electron chi connectivity index (χ4n) is 2.55. The molecule has 0 aliphatic carbocycles. The molecular weight excluding hydrogens is 402 g/mol. The van der Waals surface area contributed by atoms with Crippen LogP contribution >= 0.6 is 11.3 Å². The summed E-state index contributed by atoms with van der Waals surface area (Å²) >= 11 is 1.13. The first-order chi connectivity index (χ1) is 14.3. The Morgan fingerprint density at radius 2 is 1.83 bits per heavy atom. The van der Waals surface area contributed by atoms with Gasteiger partial charge in [0, 0.05) is 22.5 Å². The molecule has 0 aliphatic heterocycles. The van der Waals surface area contributed by atoms with Crippen molar-refractivity contribution in [3.63, 3.8) is 0 Å². The normalized spacial score (nSPS) is 11.1. The number of carbonyl (C=O) groups excluding carboxylic acids is 2. The van der Waals surface area contributed by atoms with Gasteiger partial charge in [0.1, 0.15) is 13.2 Å². The highest BCUT2D eigenvalue weighted by molar-refractivity contribution is 7.12. The molecule has 0 bridgehead atoms. The van der Waals surface area contributed by atoms with Crippen molar-refractivity contribution < 1.29 is 23.5 Å². The molecule has 8 heteroatoms. The summed E-state index contributed by atoms with van der Waals surface area (Å²) < 4.78 is 11.4. The number of aromatic nitrogens is 2. The molecule has 0 amide bonds. The number of nitrogens with zero attached hydrogens (tertiary/aromatic N) is 2. The van der Waals surface area contributed by atoms with E-state index in [0.29, 0.717) is 18.8 Å². The lowest BCUT2D eigenvalue weighted by Gasteiger charge is -2.23. The summed E-state index contributed by atoms with van der Waals surface area (Å²) in [4.78, 5) is 32.1. The minimum absolute atomic E-state index is 0.138. The molecule has 2 heterocycles. The number of carbonyl (C=O) groups is 2. The van der Waals surface area contributed by atoms with Crippen molar-refractivity contribution in [3.8, 4) is 0 Å². The van der Waals surface area contributed by atoms with Crippen molar-refractivity contribution in [3.05, 3.63) is 52.1 Å². The molecule has 0 atom stereocenters. The molecule has 0 fully saturated rings. The van der Waals surface area contributed by atoms with Gasteiger partial charge in [-0.3, -0.25) is 4.79 Å². The molecule has 0 aliphatic rings. The number of likely N-dealkylation sites (N-methyl/N-ethyl adjacent to an activating group) is 1. The quantitative estimate of drug-likeness (QED) is 0.241. The molecule has 3 aromatic rings. The summed E-state index contributed by atoms with van der Waals surface area (Å²) in [5.41, 5.74) is 1.56. The maximum absolute atomic E-state index is 12.7. The van der Waals surface area contributed by atoms with Crippen molar-refractivity contribution in [2.45, 2.75) is 13.8 Å². The summed E-state index contributed by atoms with van der Waals surface area (Å²) in [7, 11) is 6.25. The number of quaternary nitrogens is 1. The maximum Gasteiger partial charge on any atom is 0.357 e. The number of esters is 1. The Balaban J connectivity index is 0.00000155. The summed E-state index contributed by atoms with van der Waals surface area (Å²) in [6, 6.07) is 7.55. The first kappa shape index (κ1) is 23.7. The second kappa shape index (κ2) is 11.0. The van der Waals surface area contributed by atoms with Crippen LogP contribution < -0.4 is 0 Å². The first-order valence-electron chi connectivity index (χ1n) is 9.97. The largest absolute Gasteiger partial charge is 0.458 e. The zero-order chi connectivity index (χ0) is 22.1. The van der Waals surface area contributed by atoms with Crippen LogP contribution in [-0.4, -0.2) is 73.7 Å². The lowest BCUT2D eigenvalue weighted by Crippen LogP contribution is -2.37. The van der Waals surface area contributed by atoms with Crippen LogP contribution in [0.2, 0.25) is 0 Å². The third-order valence-corrected chi connectivity index (χ3v) is 4.95. The van der Waals surface area contributed by atoms with E-state index in [1.807, 2.05) is 38.1 Å². The predicted octanol–water partition coefficient (Wildman–Crippen LogP) is 3.76. The number of nitrogens with one attached hydrogen (secondary N) is 1. The molecule has 1 N–H and O–H groups in total. The van der Waals surface area contributed by atoms with Crippen molar-refractivity contribution in [2.24, 2.45) is 0 Å². The second-order valence-corrected chi connectivity index (χ2v) is 8.24. The van der Waals surface area contributed by atoms with Crippen molar-refractivity contribution >= 4 is 34.0 Å². The average Bonchev–Trinajstić information content (AvgIpc) is 3.38. The average molecular weight is 433 g/mol. The van der Waals surface area contributed by atoms with Crippen LogP contribution in [0.3, 0.4) is 0 Å². The molecule has 3 rings (SSSR count). The Kier molecular flexibility index (Phi) is 8.71. The summed E-state index contributed by atoms with van der Waals surface area (Å²) in [5, 5.41) is 2.64. The van der Waals surface area contributed by atoms with E-state index in [-0.39, 0.29) is 23.1 Å². The number of H-pyrrole nitrogens is 1. The molecule has 162 valence electrons. The molecule has 0 spiro atoms. The molecule has 0 unspecified atom stereocenters. The fourth-order valence-corrected chi connectivity index (χ4v) is 3.29. The lowest BCUT2D eigenvalue weighted by molar-refractivity contribution is -0.870. The SMILES string of the molecule is CC.C[N+](C)(C)CCOCCOC(=O)c1csc(C(=O)c2c[nH]c3ccccc23)n1. The highest BCUT2D eigenvalue weighted by Crippen LogP contribution is 2.22. The molecule has 1 aromatic carbocycles. The number of hydrogen-bond donors (Lipinski definition) is 1. The van der Waals surface area contributed by atoms with Gasteiger partial charge in [0.15, 0.2) is 10.7 Å². The smallest absolute Gasteiger partial charge is 0.357 e. The number of benzene rings is 1. The van der Waals surface area contributed by atoms with Crippen LogP contribution in [0.15, 0.2) is 35.8 Å². The summed E-state index contributed by atoms with van der Waals surface area (Å²) in [6.07, 6.45) is 1.67. The van der Waals surface area contributed by atoms with E-state index in [1.165, 1.54) is 0 Å². The minimum Gasteiger partial charge on any atom is -0.458 e. The van der Waals surface area contributed by atoms with Gasteiger partial charge in [-0.2, -0.15) is 0 Å². The zero-order valence-electron chi connectivity index (χ0n) is 18.2. The van der Waals surface area contributed by atoms with Crippen LogP contribution in [0.5, 0.6) is 0 Å². The second-order valence-electron chi connectivity index (χ2n) is 7.38. The van der Waals surface area contributed by atoms with E-state index < -0.39 is 5.97 Å². The molecule has 0 saturated heterocycles. The number of para-hydroxylation sites is 1. The summed E-state index contributed by atoms with van der Waals surface area (Å²) in [5.74, 6) is -0.769. The van der Waals surface area contributed by atoms with Gasteiger partial charge in [0.25, 0.3) is 0 Å². The number of aromatic amines is 1. The van der Waals surface area contributed by atoms with E-state index in [1.54, 1.807) is 11.6 Å². The van der Waals surface area contributed by atoms with E-state index >= 15 is 0 Å². The number of rotatable bonds is 9. The Bertz CT molecular complexity index is 972.